The summed E-state index contributed by atoms with van der Waals surface area (Å²) in [5.41, 5.74) is 0. The molecule has 0 aliphatic heterocycles. The molecule has 3 N–H and O–H groups in total. The number of phenolic OH excluding ortho intramolecular Hbond substituents is 1. The third-order valence-electron chi connectivity index (χ3n) is 2.08. The molecule has 0 unspecified atom stereocenters. The van der Waals surface area contributed by atoms with Gasteiger partial charge in [0.25, 0.3) is 10.0 Å². The molecule has 0 bridgehead atoms. The summed E-state index contributed by atoms with van der Waals surface area (Å²) in [5.74, 6) is 0.0705. The number of thiophene rings is 1. The predicted octanol–water partition coefficient (Wildman–Crippen LogP) is 1.26. The SMILES string of the molecule is COc1c(S(N)(=O)=O)sc2cccc(O)c12. The molecule has 1 aromatic heterocycles. The Morgan fingerprint density at radius 2 is 2.12 bits per heavy atom. The van der Waals surface area contributed by atoms with Gasteiger partial charge in [-0.1, -0.05) is 6.07 Å². The van der Waals surface area contributed by atoms with Crippen LogP contribution < -0.4 is 9.88 Å². The van der Waals surface area contributed by atoms with Crippen LogP contribution in [-0.2, 0) is 10.0 Å². The minimum Gasteiger partial charge on any atom is -0.507 e. The van der Waals surface area contributed by atoms with Crippen LogP contribution in [0.15, 0.2) is 22.4 Å². The molecule has 0 radical (unpaired) electrons. The van der Waals surface area contributed by atoms with E-state index in [0.717, 1.165) is 11.3 Å². The molecule has 0 atom stereocenters. The number of rotatable bonds is 2. The van der Waals surface area contributed by atoms with Gasteiger partial charge >= 0.3 is 0 Å². The molecule has 0 aliphatic rings. The highest BCUT2D eigenvalue weighted by Crippen LogP contribution is 2.44. The number of methoxy groups -OCH3 is 1. The normalized spacial score (nSPS) is 11.9. The Hall–Kier alpha value is -1.31. The lowest BCUT2D eigenvalue weighted by Gasteiger charge is -2.01. The second-order valence-corrected chi connectivity index (χ2v) is 5.93. The molecule has 16 heavy (non-hydrogen) atoms. The number of benzene rings is 1. The molecule has 0 amide bonds. The quantitative estimate of drug-likeness (QED) is 0.849. The van der Waals surface area contributed by atoms with E-state index in [0.29, 0.717) is 10.1 Å². The highest BCUT2D eigenvalue weighted by Gasteiger charge is 2.23. The van der Waals surface area contributed by atoms with E-state index in [1.165, 1.54) is 13.2 Å². The van der Waals surface area contributed by atoms with Crippen LogP contribution in [0.1, 0.15) is 0 Å². The van der Waals surface area contributed by atoms with Crippen molar-refractivity contribution in [3.8, 4) is 11.5 Å². The third-order valence-corrected chi connectivity index (χ3v) is 4.66. The Morgan fingerprint density at radius 3 is 2.69 bits per heavy atom. The van der Waals surface area contributed by atoms with Crippen LogP contribution in [0, 0.1) is 0 Å². The minimum atomic E-state index is -3.84. The molecule has 0 fully saturated rings. The van der Waals surface area contributed by atoms with Gasteiger partial charge in [-0.15, -0.1) is 11.3 Å². The van der Waals surface area contributed by atoms with Crippen LogP contribution in [0.25, 0.3) is 10.1 Å². The van der Waals surface area contributed by atoms with Crippen molar-refractivity contribution >= 4 is 31.4 Å². The van der Waals surface area contributed by atoms with E-state index < -0.39 is 10.0 Å². The lowest BCUT2D eigenvalue weighted by molar-refractivity contribution is 0.408. The second-order valence-electron chi connectivity index (χ2n) is 3.12. The van der Waals surface area contributed by atoms with Crippen LogP contribution >= 0.6 is 11.3 Å². The first-order chi connectivity index (χ1) is 7.45. The second kappa shape index (κ2) is 3.62. The van der Waals surface area contributed by atoms with Gasteiger partial charge in [0, 0.05) is 4.70 Å². The zero-order valence-corrected chi connectivity index (χ0v) is 9.93. The van der Waals surface area contributed by atoms with E-state index in [9.17, 15) is 13.5 Å². The fraction of sp³-hybridized carbons (Fsp3) is 0.111. The summed E-state index contributed by atoms with van der Waals surface area (Å²) in [6.45, 7) is 0. The number of nitrogens with two attached hydrogens (primary N) is 1. The summed E-state index contributed by atoms with van der Waals surface area (Å²) < 4.78 is 28.2. The molecule has 2 aromatic rings. The van der Waals surface area contributed by atoms with Gasteiger partial charge in [-0.3, -0.25) is 0 Å². The maximum Gasteiger partial charge on any atom is 0.251 e. The lowest BCUT2D eigenvalue weighted by atomic mass is 10.2. The van der Waals surface area contributed by atoms with Crippen LogP contribution in [0.4, 0.5) is 0 Å². The highest BCUT2D eigenvalue weighted by molar-refractivity contribution is 7.91. The minimum absolute atomic E-state index is 0.0273. The molecule has 5 nitrogen and oxygen atoms in total. The summed E-state index contributed by atoms with van der Waals surface area (Å²) in [4.78, 5) is 0. The summed E-state index contributed by atoms with van der Waals surface area (Å²) in [5, 5.41) is 15.1. The van der Waals surface area contributed by atoms with Crippen molar-refractivity contribution in [1.82, 2.24) is 0 Å². The zero-order valence-electron chi connectivity index (χ0n) is 8.30. The number of phenols is 1. The van der Waals surface area contributed by atoms with Crippen LogP contribution in [0.5, 0.6) is 11.5 Å². The first-order valence-electron chi connectivity index (χ1n) is 4.26. The fourth-order valence-corrected chi connectivity index (χ4v) is 3.56. The number of aromatic hydroxyl groups is 1. The van der Waals surface area contributed by atoms with E-state index in [2.05, 4.69) is 0 Å². The Bertz CT molecular complexity index is 645. The highest BCUT2D eigenvalue weighted by atomic mass is 32.2. The number of hydrogen-bond acceptors (Lipinski definition) is 5. The first kappa shape index (κ1) is 11.2. The molecule has 2 rings (SSSR count). The monoisotopic (exact) mass is 259 g/mol. The van der Waals surface area contributed by atoms with Crippen LogP contribution in [-0.4, -0.2) is 20.6 Å². The van der Waals surface area contributed by atoms with E-state index in [1.807, 2.05) is 0 Å². The van der Waals surface area contributed by atoms with Crippen molar-refractivity contribution < 1.29 is 18.3 Å². The smallest absolute Gasteiger partial charge is 0.251 e. The van der Waals surface area contributed by atoms with Crippen molar-refractivity contribution in [1.29, 1.82) is 0 Å². The van der Waals surface area contributed by atoms with Crippen molar-refractivity contribution in [2.75, 3.05) is 7.11 Å². The van der Waals surface area contributed by atoms with E-state index >= 15 is 0 Å². The van der Waals surface area contributed by atoms with Crippen molar-refractivity contribution in [3.05, 3.63) is 18.2 Å². The van der Waals surface area contributed by atoms with E-state index in [1.54, 1.807) is 12.1 Å². The molecule has 0 aliphatic carbocycles. The topological polar surface area (TPSA) is 89.6 Å². The van der Waals surface area contributed by atoms with Gasteiger partial charge in [-0.2, -0.15) is 0 Å². The summed E-state index contributed by atoms with van der Waals surface area (Å²) in [6, 6.07) is 4.78. The average Bonchev–Trinajstić information content (AvgIpc) is 2.57. The van der Waals surface area contributed by atoms with Gasteiger partial charge in [0.05, 0.1) is 12.5 Å². The number of fused-ring (bicyclic) bond motifs is 1. The molecular weight excluding hydrogens is 250 g/mol. The number of sulfonamides is 1. The molecule has 7 heteroatoms. The summed E-state index contributed by atoms with van der Waals surface area (Å²) >= 11 is 0.972. The van der Waals surface area contributed by atoms with Gasteiger partial charge in [0.1, 0.15) is 5.75 Å². The number of hydrogen-bond donors (Lipinski definition) is 2. The first-order valence-corrected chi connectivity index (χ1v) is 6.62. The summed E-state index contributed by atoms with van der Waals surface area (Å²) in [6.07, 6.45) is 0. The van der Waals surface area contributed by atoms with Gasteiger partial charge in [-0.05, 0) is 12.1 Å². The standard InChI is InChI=1S/C9H9NO4S2/c1-14-8-7-5(11)3-2-4-6(7)15-9(8)16(10,12)13/h2-4,11H,1H3,(H2,10,12,13). The number of primary sulfonamides is 1. The Morgan fingerprint density at radius 1 is 1.44 bits per heavy atom. The Balaban J connectivity index is 2.94. The van der Waals surface area contributed by atoms with Crippen LogP contribution in [0.2, 0.25) is 0 Å². The van der Waals surface area contributed by atoms with E-state index in [4.69, 9.17) is 9.88 Å². The van der Waals surface area contributed by atoms with Crippen molar-refractivity contribution in [2.24, 2.45) is 5.14 Å². The van der Waals surface area contributed by atoms with Gasteiger partial charge < -0.3 is 9.84 Å². The summed E-state index contributed by atoms with van der Waals surface area (Å²) in [7, 11) is -2.51. The van der Waals surface area contributed by atoms with E-state index in [-0.39, 0.29) is 15.7 Å². The lowest BCUT2D eigenvalue weighted by Crippen LogP contribution is -2.11. The maximum atomic E-state index is 11.3. The fourth-order valence-electron chi connectivity index (χ4n) is 1.45. The molecule has 0 saturated heterocycles. The molecule has 0 spiro atoms. The largest absolute Gasteiger partial charge is 0.507 e. The van der Waals surface area contributed by atoms with Crippen molar-refractivity contribution in [3.63, 3.8) is 0 Å². The van der Waals surface area contributed by atoms with Crippen molar-refractivity contribution in [2.45, 2.75) is 4.21 Å². The predicted molar refractivity (Wildman–Crippen MR) is 61.4 cm³/mol. The Kier molecular flexibility index (Phi) is 2.53. The molecule has 1 heterocycles. The average molecular weight is 259 g/mol. The van der Waals surface area contributed by atoms with Gasteiger partial charge in [-0.25, -0.2) is 13.6 Å². The molecular formula is C9H9NO4S2. The maximum absolute atomic E-state index is 11.3. The van der Waals surface area contributed by atoms with Gasteiger partial charge in [0.15, 0.2) is 9.96 Å². The Labute approximate surface area is 96.1 Å². The molecule has 1 aromatic carbocycles. The molecule has 86 valence electrons. The van der Waals surface area contributed by atoms with Crippen LogP contribution in [0.3, 0.4) is 0 Å². The molecule has 0 saturated carbocycles. The van der Waals surface area contributed by atoms with Gasteiger partial charge in [0.2, 0.25) is 0 Å². The third kappa shape index (κ3) is 1.62. The zero-order chi connectivity index (χ0) is 11.9. The number of ether oxygens (including phenoxy) is 1.